The van der Waals surface area contributed by atoms with Crippen molar-refractivity contribution in [2.45, 2.75) is 13.0 Å². The van der Waals surface area contributed by atoms with E-state index in [-0.39, 0.29) is 5.82 Å². The van der Waals surface area contributed by atoms with Crippen molar-refractivity contribution in [2.24, 2.45) is 0 Å². The van der Waals surface area contributed by atoms with Gasteiger partial charge in [0.25, 0.3) is 0 Å². The van der Waals surface area contributed by atoms with Crippen molar-refractivity contribution < 1.29 is 4.39 Å². The summed E-state index contributed by atoms with van der Waals surface area (Å²) in [6.45, 7) is 1.49. The lowest BCUT2D eigenvalue weighted by atomic mass is 10.1. The number of benzene rings is 2. The second-order valence-corrected chi connectivity index (χ2v) is 6.54. The number of aromatic nitrogens is 3. The molecule has 4 nitrogen and oxygen atoms in total. The molecule has 0 aliphatic rings. The quantitative estimate of drug-likeness (QED) is 0.489. The van der Waals surface area contributed by atoms with Crippen LogP contribution >= 0.6 is 0 Å². The van der Waals surface area contributed by atoms with Crippen LogP contribution in [0.3, 0.4) is 0 Å². The van der Waals surface area contributed by atoms with E-state index < -0.39 is 0 Å². The van der Waals surface area contributed by atoms with Crippen LogP contribution in [-0.2, 0) is 13.0 Å². The molecule has 2 aromatic heterocycles. The van der Waals surface area contributed by atoms with Crippen molar-refractivity contribution in [3.05, 3.63) is 102 Å². The van der Waals surface area contributed by atoms with E-state index in [0.29, 0.717) is 6.54 Å². The van der Waals surface area contributed by atoms with Gasteiger partial charge in [0.1, 0.15) is 5.82 Å². The molecule has 0 unspecified atom stereocenters. The molecule has 140 valence electrons. The molecule has 4 rings (SSSR count). The second-order valence-electron chi connectivity index (χ2n) is 6.54. The van der Waals surface area contributed by atoms with Gasteiger partial charge in [0, 0.05) is 48.7 Å². The van der Waals surface area contributed by atoms with E-state index in [1.54, 1.807) is 12.1 Å². The van der Waals surface area contributed by atoms with Crippen molar-refractivity contribution in [2.75, 3.05) is 6.54 Å². The highest BCUT2D eigenvalue weighted by molar-refractivity contribution is 5.63. The number of nitrogens with zero attached hydrogens (tertiary/aromatic N) is 3. The fraction of sp³-hybridized carbons (Fsp3) is 0.130. The first-order valence-corrected chi connectivity index (χ1v) is 9.30. The fourth-order valence-corrected chi connectivity index (χ4v) is 3.09. The molecular formula is C23H21FN4. The molecule has 28 heavy (non-hydrogen) atoms. The molecule has 4 aromatic rings. The van der Waals surface area contributed by atoms with Crippen LogP contribution in [0.4, 0.5) is 4.39 Å². The van der Waals surface area contributed by atoms with E-state index in [0.717, 1.165) is 41.2 Å². The minimum absolute atomic E-state index is 0.249. The first-order chi connectivity index (χ1) is 13.8. The highest BCUT2D eigenvalue weighted by Gasteiger charge is 2.12. The topological polar surface area (TPSA) is 42.7 Å². The smallest absolute Gasteiger partial charge is 0.123 e. The zero-order chi connectivity index (χ0) is 19.2. The van der Waals surface area contributed by atoms with Crippen molar-refractivity contribution in [3.8, 4) is 16.9 Å². The largest absolute Gasteiger partial charge is 0.312 e. The lowest BCUT2D eigenvalue weighted by Gasteiger charge is -2.05. The van der Waals surface area contributed by atoms with E-state index in [1.807, 2.05) is 65.6 Å². The summed E-state index contributed by atoms with van der Waals surface area (Å²) in [5.41, 5.74) is 4.88. The normalized spacial score (nSPS) is 10.9. The summed E-state index contributed by atoms with van der Waals surface area (Å²) < 4.78 is 15.2. The van der Waals surface area contributed by atoms with Crippen LogP contribution in [0.15, 0.2) is 85.2 Å². The van der Waals surface area contributed by atoms with Crippen LogP contribution in [0.2, 0.25) is 0 Å². The van der Waals surface area contributed by atoms with E-state index in [2.05, 4.69) is 10.3 Å². The molecular weight excluding hydrogens is 351 g/mol. The predicted octanol–water partition coefficient (Wildman–Crippen LogP) is 4.41. The SMILES string of the molecule is Fc1ccc(-c2nn(-c3ccccc3)cc2CNCCc2ccccn2)cc1. The lowest BCUT2D eigenvalue weighted by molar-refractivity contribution is 0.628. The molecule has 1 N–H and O–H groups in total. The lowest BCUT2D eigenvalue weighted by Crippen LogP contribution is -2.17. The first kappa shape index (κ1) is 18.1. The third kappa shape index (κ3) is 4.32. The number of halogens is 1. The summed E-state index contributed by atoms with van der Waals surface area (Å²) in [4.78, 5) is 4.35. The van der Waals surface area contributed by atoms with Gasteiger partial charge >= 0.3 is 0 Å². The van der Waals surface area contributed by atoms with Gasteiger partial charge in [-0.3, -0.25) is 4.98 Å². The summed E-state index contributed by atoms with van der Waals surface area (Å²) >= 11 is 0. The molecule has 0 aliphatic heterocycles. The van der Waals surface area contributed by atoms with E-state index >= 15 is 0 Å². The number of para-hydroxylation sites is 1. The van der Waals surface area contributed by atoms with E-state index in [1.165, 1.54) is 12.1 Å². The second kappa shape index (κ2) is 8.59. The Morgan fingerprint density at radius 3 is 2.43 bits per heavy atom. The van der Waals surface area contributed by atoms with Crippen molar-refractivity contribution in [1.29, 1.82) is 0 Å². The molecule has 5 heteroatoms. The zero-order valence-electron chi connectivity index (χ0n) is 15.4. The number of nitrogens with one attached hydrogen (secondary N) is 1. The molecule has 0 radical (unpaired) electrons. The maximum Gasteiger partial charge on any atom is 0.123 e. The van der Waals surface area contributed by atoms with Crippen LogP contribution in [0.1, 0.15) is 11.3 Å². The van der Waals surface area contributed by atoms with Crippen molar-refractivity contribution in [1.82, 2.24) is 20.1 Å². The molecule has 0 fully saturated rings. The average molecular weight is 372 g/mol. The van der Waals surface area contributed by atoms with Gasteiger partial charge in [-0.05, 0) is 48.5 Å². The third-order valence-corrected chi connectivity index (χ3v) is 4.53. The number of hydrogen-bond acceptors (Lipinski definition) is 3. The number of rotatable bonds is 7. The average Bonchev–Trinajstić information content (AvgIpc) is 3.17. The van der Waals surface area contributed by atoms with Crippen LogP contribution < -0.4 is 5.32 Å². The number of pyridine rings is 1. The van der Waals surface area contributed by atoms with Gasteiger partial charge in [0.05, 0.1) is 11.4 Å². The van der Waals surface area contributed by atoms with Crippen molar-refractivity contribution >= 4 is 0 Å². The summed E-state index contributed by atoms with van der Waals surface area (Å²) in [5.74, 6) is -0.249. The highest BCUT2D eigenvalue weighted by atomic mass is 19.1. The highest BCUT2D eigenvalue weighted by Crippen LogP contribution is 2.24. The van der Waals surface area contributed by atoms with Gasteiger partial charge in [0.15, 0.2) is 0 Å². The fourth-order valence-electron chi connectivity index (χ4n) is 3.09. The molecule has 0 amide bonds. The Bertz CT molecular complexity index is 1010. The Morgan fingerprint density at radius 1 is 0.893 bits per heavy atom. The Morgan fingerprint density at radius 2 is 1.68 bits per heavy atom. The summed E-state index contributed by atoms with van der Waals surface area (Å²) in [7, 11) is 0. The van der Waals surface area contributed by atoms with Crippen LogP contribution in [0.25, 0.3) is 16.9 Å². The zero-order valence-corrected chi connectivity index (χ0v) is 15.4. The maximum absolute atomic E-state index is 13.3. The third-order valence-electron chi connectivity index (χ3n) is 4.53. The standard InChI is InChI=1S/C23H21FN4/c24-20-11-9-18(10-12-20)23-19(16-25-15-13-21-6-4-5-14-26-21)17-28(27-23)22-7-2-1-3-8-22/h1-12,14,17,25H,13,15-16H2. The molecule has 0 bridgehead atoms. The van der Waals surface area contributed by atoms with Gasteiger partial charge in [-0.25, -0.2) is 9.07 Å². The van der Waals surface area contributed by atoms with E-state index in [4.69, 9.17) is 5.10 Å². The van der Waals surface area contributed by atoms with Gasteiger partial charge < -0.3 is 5.32 Å². The molecule has 0 saturated heterocycles. The van der Waals surface area contributed by atoms with Gasteiger partial charge in [0.2, 0.25) is 0 Å². The molecule has 2 heterocycles. The first-order valence-electron chi connectivity index (χ1n) is 9.30. The van der Waals surface area contributed by atoms with Crippen LogP contribution in [-0.4, -0.2) is 21.3 Å². The Hall–Kier alpha value is -3.31. The van der Waals surface area contributed by atoms with Gasteiger partial charge in [-0.2, -0.15) is 5.10 Å². The summed E-state index contributed by atoms with van der Waals surface area (Å²) in [6.07, 6.45) is 4.70. The van der Waals surface area contributed by atoms with Gasteiger partial charge in [-0.1, -0.05) is 24.3 Å². The summed E-state index contributed by atoms with van der Waals surface area (Å²) in [6, 6.07) is 22.4. The minimum atomic E-state index is -0.249. The van der Waals surface area contributed by atoms with E-state index in [9.17, 15) is 4.39 Å². The van der Waals surface area contributed by atoms with Crippen molar-refractivity contribution in [3.63, 3.8) is 0 Å². The van der Waals surface area contributed by atoms with Crippen LogP contribution in [0, 0.1) is 5.82 Å². The van der Waals surface area contributed by atoms with Crippen LogP contribution in [0.5, 0.6) is 0 Å². The maximum atomic E-state index is 13.3. The molecule has 0 spiro atoms. The number of hydrogen-bond donors (Lipinski definition) is 1. The van der Waals surface area contributed by atoms with Gasteiger partial charge in [-0.15, -0.1) is 0 Å². The monoisotopic (exact) mass is 372 g/mol. The Balaban J connectivity index is 1.54. The molecule has 0 aliphatic carbocycles. The summed E-state index contributed by atoms with van der Waals surface area (Å²) in [5, 5.41) is 8.23. The predicted molar refractivity (Wildman–Crippen MR) is 109 cm³/mol. The molecule has 0 atom stereocenters. The molecule has 2 aromatic carbocycles. The Labute approximate surface area is 163 Å². The minimum Gasteiger partial charge on any atom is -0.312 e. The Kier molecular flexibility index (Phi) is 5.54. The molecule has 0 saturated carbocycles.